The van der Waals surface area contributed by atoms with Crippen molar-refractivity contribution in [2.45, 2.75) is 20.3 Å². The molecule has 0 saturated heterocycles. The fourth-order valence-electron chi connectivity index (χ4n) is 0.414. The van der Waals surface area contributed by atoms with Gasteiger partial charge in [-0.1, -0.05) is 22.9 Å². The van der Waals surface area contributed by atoms with Crippen LogP contribution >= 0.6 is 15.9 Å². The summed E-state index contributed by atoms with van der Waals surface area (Å²) in [5, 5.41) is 0. The van der Waals surface area contributed by atoms with Gasteiger partial charge in [0, 0.05) is 10.6 Å². The molecule has 0 fully saturated rings. The summed E-state index contributed by atoms with van der Waals surface area (Å²) in [6.07, 6.45) is 2.27. The van der Waals surface area contributed by atoms with E-state index in [1.54, 1.807) is 6.92 Å². The Morgan fingerprint density at radius 2 is 2.20 bits per heavy atom. The number of allylic oxidation sites excluding steroid dienone is 1. The maximum absolute atomic E-state index is 10.7. The third-order valence-electron chi connectivity index (χ3n) is 0.899. The van der Waals surface area contributed by atoms with E-state index >= 15 is 0 Å². The molecule has 0 bridgehead atoms. The Bertz CT molecular complexity index is 141. The number of rotatable bonds is 3. The second-order valence-electron chi connectivity index (χ2n) is 1.70. The van der Waals surface area contributed by atoms with Crippen molar-refractivity contribution >= 4 is 21.9 Å². The third-order valence-corrected chi connectivity index (χ3v) is 1.69. The van der Waals surface area contributed by atoms with Gasteiger partial charge in [-0.15, -0.1) is 0 Å². The smallest absolute Gasteiger partial charge is 0.331 e. The van der Waals surface area contributed by atoms with Crippen LogP contribution in [0.5, 0.6) is 0 Å². The van der Waals surface area contributed by atoms with Crippen LogP contribution in [0.3, 0.4) is 0 Å². The van der Waals surface area contributed by atoms with Crippen molar-refractivity contribution in [3.63, 3.8) is 0 Å². The molecule has 3 heteroatoms. The molecule has 0 heterocycles. The van der Waals surface area contributed by atoms with E-state index < -0.39 is 0 Å². The average molecular weight is 207 g/mol. The van der Waals surface area contributed by atoms with Gasteiger partial charge in [0.25, 0.3) is 0 Å². The summed E-state index contributed by atoms with van der Waals surface area (Å²) in [6.45, 7) is 4.17. The van der Waals surface area contributed by atoms with Crippen LogP contribution in [0.2, 0.25) is 0 Å². The van der Waals surface area contributed by atoms with Crippen molar-refractivity contribution < 1.29 is 9.53 Å². The van der Waals surface area contributed by atoms with Crippen LogP contribution in [-0.4, -0.2) is 12.6 Å². The predicted molar refractivity (Wildman–Crippen MR) is 43.9 cm³/mol. The van der Waals surface area contributed by atoms with E-state index in [2.05, 4.69) is 20.7 Å². The molecule has 0 N–H and O–H groups in total. The lowest BCUT2D eigenvalue weighted by atomic mass is 10.4. The lowest BCUT2D eigenvalue weighted by Crippen LogP contribution is -1.99. The van der Waals surface area contributed by atoms with Crippen molar-refractivity contribution in [3.05, 3.63) is 10.6 Å². The van der Waals surface area contributed by atoms with Gasteiger partial charge in [0.1, 0.15) is 0 Å². The summed E-state index contributed by atoms with van der Waals surface area (Å²) >= 11 is 3.21. The first-order chi connectivity index (χ1) is 4.70. The molecule has 0 aliphatic rings. The molecule has 0 atom stereocenters. The van der Waals surface area contributed by atoms with E-state index in [1.165, 1.54) is 6.08 Å². The lowest BCUT2D eigenvalue weighted by Gasteiger charge is -1.95. The van der Waals surface area contributed by atoms with Crippen LogP contribution < -0.4 is 0 Å². The molecule has 0 aromatic carbocycles. The highest BCUT2D eigenvalue weighted by atomic mass is 79.9. The van der Waals surface area contributed by atoms with Crippen molar-refractivity contribution in [2.75, 3.05) is 6.61 Å². The Hall–Kier alpha value is -0.310. The van der Waals surface area contributed by atoms with Gasteiger partial charge in [-0.2, -0.15) is 0 Å². The van der Waals surface area contributed by atoms with E-state index in [0.717, 1.165) is 10.9 Å². The van der Waals surface area contributed by atoms with Crippen molar-refractivity contribution in [3.8, 4) is 0 Å². The Balaban J connectivity index is 3.75. The fourth-order valence-corrected chi connectivity index (χ4v) is 0.601. The second kappa shape index (κ2) is 5.47. The molecule has 0 saturated carbocycles. The lowest BCUT2D eigenvalue weighted by molar-refractivity contribution is -0.137. The molecule has 10 heavy (non-hydrogen) atoms. The number of hydrogen-bond acceptors (Lipinski definition) is 2. The van der Waals surface area contributed by atoms with Crippen LogP contribution in [0.15, 0.2) is 10.6 Å². The van der Waals surface area contributed by atoms with Gasteiger partial charge in [-0.25, -0.2) is 4.79 Å². The number of carbonyl (C=O) groups is 1. The predicted octanol–water partition coefficient (Wildman–Crippen LogP) is 2.24. The summed E-state index contributed by atoms with van der Waals surface area (Å²) in [4.78, 5) is 10.7. The minimum Gasteiger partial charge on any atom is -0.463 e. The molecular weight excluding hydrogens is 196 g/mol. The van der Waals surface area contributed by atoms with E-state index in [1.807, 2.05) is 6.92 Å². The minimum atomic E-state index is -0.281. The highest BCUT2D eigenvalue weighted by molar-refractivity contribution is 9.11. The molecule has 0 aliphatic carbocycles. The Morgan fingerprint density at radius 3 is 2.60 bits per heavy atom. The topological polar surface area (TPSA) is 26.3 Å². The first-order valence-corrected chi connectivity index (χ1v) is 4.02. The standard InChI is InChI=1S/C7H11BrO2/c1-3-6(8)5-7(9)10-4-2/h5H,3-4H2,1-2H3/b6-5+. The highest BCUT2D eigenvalue weighted by Gasteiger charge is 1.95. The van der Waals surface area contributed by atoms with Gasteiger partial charge >= 0.3 is 5.97 Å². The zero-order chi connectivity index (χ0) is 7.98. The van der Waals surface area contributed by atoms with Crippen molar-refractivity contribution in [2.24, 2.45) is 0 Å². The third kappa shape index (κ3) is 4.56. The summed E-state index contributed by atoms with van der Waals surface area (Å²) in [6, 6.07) is 0. The molecule has 0 aromatic rings. The van der Waals surface area contributed by atoms with Crippen molar-refractivity contribution in [1.29, 1.82) is 0 Å². The number of esters is 1. The van der Waals surface area contributed by atoms with Gasteiger partial charge in [-0.3, -0.25) is 0 Å². The van der Waals surface area contributed by atoms with Gasteiger partial charge in [-0.05, 0) is 13.3 Å². The normalized spacial score (nSPS) is 11.3. The Morgan fingerprint density at radius 1 is 1.60 bits per heavy atom. The van der Waals surface area contributed by atoms with E-state index in [4.69, 9.17) is 0 Å². The Labute approximate surface area is 69.4 Å². The summed E-state index contributed by atoms with van der Waals surface area (Å²) in [7, 11) is 0. The fraction of sp³-hybridized carbons (Fsp3) is 0.571. The van der Waals surface area contributed by atoms with E-state index in [0.29, 0.717) is 6.61 Å². The van der Waals surface area contributed by atoms with Gasteiger partial charge < -0.3 is 4.74 Å². The van der Waals surface area contributed by atoms with Crippen LogP contribution in [0.25, 0.3) is 0 Å². The molecule has 0 radical (unpaired) electrons. The molecule has 2 nitrogen and oxygen atoms in total. The molecule has 0 rings (SSSR count). The molecule has 0 amide bonds. The minimum absolute atomic E-state index is 0.281. The quantitative estimate of drug-likeness (QED) is 0.524. The van der Waals surface area contributed by atoms with Gasteiger partial charge in [0.15, 0.2) is 0 Å². The number of hydrogen-bond donors (Lipinski definition) is 0. The van der Waals surface area contributed by atoms with Gasteiger partial charge in [0.05, 0.1) is 6.61 Å². The Kier molecular flexibility index (Phi) is 5.30. The molecule has 0 aromatic heterocycles. The van der Waals surface area contributed by atoms with Crippen LogP contribution in [0.4, 0.5) is 0 Å². The number of ether oxygens (including phenoxy) is 1. The monoisotopic (exact) mass is 206 g/mol. The molecule has 0 aliphatic heterocycles. The molecule has 0 unspecified atom stereocenters. The zero-order valence-electron chi connectivity index (χ0n) is 6.19. The van der Waals surface area contributed by atoms with E-state index in [9.17, 15) is 4.79 Å². The van der Waals surface area contributed by atoms with E-state index in [-0.39, 0.29) is 5.97 Å². The summed E-state index contributed by atoms with van der Waals surface area (Å²) < 4.78 is 5.54. The highest BCUT2D eigenvalue weighted by Crippen LogP contribution is 2.08. The number of halogens is 1. The maximum Gasteiger partial charge on any atom is 0.331 e. The largest absolute Gasteiger partial charge is 0.463 e. The SMILES string of the molecule is CCOC(=O)/C=C(/Br)CC. The average Bonchev–Trinajstić information content (AvgIpc) is 1.88. The molecular formula is C7H11BrO2. The molecule has 58 valence electrons. The first-order valence-electron chi connectivity index (χ1n) is 3.23. The van der Waals surface area contributed by atoms with Gasteiger partial charge in [0.2, 0.25) is 0 Å². The van der Waals surface area contributed by atoms with Crippen molar-refractivity contribution in [1.82, 2.24) is 0 Å². The molecule has 0 spiro atoms. The zero-order valence-corrected chi connectivity index (χ0v) is 7.77. The van der Waals surface area contributed by atoms with Crippen LogP contribution in [0, 0.1) is 0 Å². The summed E-state index contributed by atoms with van der Waals surface area (Å²) in [5.74, 6) is -0.281. The maximum atomic E-state index is 10.7. The first kappa shape index (κ1) is 9.69. The van der Waals surface area contributed by atoms with Crippen LogP contribution in [-0.2, 0) is 9.53 Å². The second-order valence-corrected chi connectivity index (χ2v) is 2.72. The summed E-state index contributed by atoms with van der Waals surface area (Å²) in [5.41, 5.74) is 0. The number of carbonyl (C=O) groups excluding carboxylic acids is 1. The van der Waals surface area contributed by atoms with Crippen LogP contribution in [0.1, 0.15) is 20.3 Å².